The predicted octanol–water partition coefficient (Wildman–Crippen LogP) is 4.72. The van der Waals surface area contributed by atoms with E-state index < -0.39 is 23.4 Å². The normalized spacial score (nSPS) is 14.6. The summed E-state index contributed by atoms with van der Waals surface area (Å²) in [7, 11) is -5.58. The Morgan fingerprint density at radius 1 is 1.25 bits per heavy atom. The Hall–Kier alpha value is -1.40. The lowest BCUT2D eigenvalue weighted by molar-refractivity contribution is 0.309. The molecule has 0 aliphatic carbocycles. The third-order valence-corrected chi connectivity index (χ3v) is 10.7. The predicted molar refractivity (Wildman–Crippen MR) is 104 cm³/mol. The molecule has 0 saturated heterocycles. The number of allylic oxidation sites excluding steroid dienone is 1. The van der Waals surface area contributed by atoms with Gasteiger partial charge in [0.2, 0.25) is 0 Å². The molecular formula is C18H29NO3SSi. The zero-order valence-corrected chi connectivity index (χ0v) is 17.4. The number of hydrogen-bond acceptors (Lipinski definition) is 4. The van der Waals surface area contributed by atoms with Crippen molar-refractivity contribution in [3.63, 3.8) is 0 Å². The van der Waals surface area contributed by atoms with Crippen LogP contribution in [0.15, 0.2) is 47.0 Å². The zero-order chi connectivity index (χ0) is 18.6. The number of aryl methyl sites for hydroxylation is 1. The van der Waals surface area contributed by atoms with Gasteiger partial charge in [0.1, 0.15) is 5.25 Å². The van der Waals surface area contributed by atoms with Gasteiger partial charge in [-0.05, 0) is 43.6 Å². The first-order valence-electron chi connectivity index (χ1n) is 8.05. The zero-order valence-electron chi connectivity index (χ0n) is 15.5. The molecule has 0 aromatic heterocycles. The molecule has 1 aromatic carbocycles. The second kappa shape index (κ2) is 7.65. The maximum absolute atomic E-state index is 12.8. The van der Waals surface area contributed by atoms with E-state index in [0.717, 1.165) is 5.56 Å². The Kier molecular flexibility index (Phi) is 6.58. The van der Waals surface area contributed by atoms with E-state index in [4.69, 9.17) is 4.53 Å². The minimum Gasteiger partial charge on any atom is -0.455 e. The van der Waals surface area contributed by atoms with Crippen LogP contribution >= 0.6 is 0 Å². The highest BCUT2D eigenvalue weighted by molar-refractivity contribution is 7.92. The molecule has 1 atom stereocenters. The average Bonchev–Trinajstić information content (AvgIpc) is 2.45. The Morgan fingerprint density at radius 3 is 2.25 bits per heavy atom. The Labute approximate surface area is 147 Å². The van der Waals surface area contributed by atoms with Gasteiger partial charge in [0.15, 0.2) is 9.84 Å². The van der Waals surface area contributed by atoms with Crippen molar-refractivity contribution < 1.29 is 12.9 Å². The van der Waals surface area contributed by atoms with E-state index in [2.05, 4.69) is 45.6 Å². The fraction of sp³-hybridized carbons (Fsp3) is 0.500. The smallest absolute Gasteiger partial charge is 0.286 e. The van der Waals surface area contributed by atoms with Crippen LogP contribution in [0, 0.1) is 6.92 Å². The summed E-state index contributed by atoms with van der Waals surface area (Å²) in [5.74, 6) is 0. The molecule has 0 fully saturated rings. The molecule has 6 heteroatoms. The number of nitrogens with zero attached hydrogens (tertiary/aromatic N) is 1. The van der Waals surface area contributed by atoms with Crippen LogP contribution in [0.25, 0.3) is 0 Å². The average molecular weight is 368 g/mol. The van der Waals surface area contributed by atoms with E-state index in [0.29, 0.717) is 11.3 Å². The molecule has 0 aliphatic heterocycles. The van der Waals surface area contributed by atoms with Gasteiger partial charge < -0.3 is 4.53 Å². The minimum absolute atomic E-state index is 0.00804. The van der Waals surface area contributed by atoms with Gasteiger partial charge >= 0.3 is 0 Å². The van der Waals surface area contributed by atoms with Crippen molar-refractivity contribution in [1.82, 2.24) is 0 Å². The van der Waals surface area contributed by atoms with Crippen LogP contribution in [0.2, 0.25) is 18.1 Å². The van der Waals surface area contributed by atoms with Crippen molar-refractivity contribution in [1.29, 1.82) is 0 Å². The Morgan fingerprint density at radius 2 is 1.79 bits per heavy atom. The quantitative estimate of drug-likeness (QED) is 0.303. The molecule has 134 valence electrons. The van der Waals surface area contributed by atoms with Crippen LogP contribution in [-0.4, -0.2) is 28.2 Å². The van der Waals surface area contributed by atoms with E-state index in [1.54, 1.807) is 30.3 Å². The third kappa shape index (κ3) is 5.04. The molecule has 0 radical (unpaired) electrons. The Bertz CT molecular complexity index is 686. The molecule has 1 unspecified atom stereocenters. The lowest BCUT2D eigenvalue weighted by atomic mass is 10.2. The first kappa shape index (κ1) is 20.6. The van der Waals surface area contributed by atoms with Crippen LogP contribution in [-0.2, 0) is 14.4 Å². The number of oxime groups is 1. The van der Waals surface area contributed by atoms with Gasteiger partial charge in [-0.25, -0.2) is 8.42 Å². The molecule has 0 heterocycles. The molecule has 1 rings (SSSR count). The second-order valence-electron chi connectivity index (χ2n) is 7.53. The van der Waals surface area contributed by atoms with Gasteiger partial charge in [0, 0.05) is 0 Å². The van der Waals surface area contributed by atoms with Crippen LogP contribution in [0.3, 0.4) is 0 Å². The standard InChI is InChI=1S/C18H29NO3SSi/c1-8-9-17(14-19-22-24(6,7)18(3,4)5)23(20,21)16-12-10-15(2)11-13-16/h8,10-14,17H,1,9H2,2-7H3/b19-14+. The first-order chi connectivity index (χ1) is 10.9. The van der Waals surface area contributed by atoms with Gasteiger partial charge in [-0.2, -0.15) is 0 Å². The van der Waals surface area contributed by atoms with Crippen molar-refractivity contribution in [2.45, 2.75) is 62.4 Å². The van der Waals surface area contributed by atoms with Crippen LogP contribution in [0.1, 0.15) is 32.8 Å². The van der Waals surface area contributed by atoms with E-state index >= 15 is 0 Å². The SMILES string of the molecule is C=CCC(/C=N/O[Si](C)(C)C(C)(C)C)S(=O)(=O)c1ccc(C)cc1. The molecule has 4 nitrogen and oxygen atoms in total. The molecule has 1 aromatic rings. The Balaban J connectivity index is 3.04. The molecular weight excluding hydrogens is 338 g/mol. The first-order valence-corrected chi connectivity index (χ1v) is 12.5. The van der Waals surface area contributed by atoms with Gasteiger partial charge in [0.25, 0.3) is 8.32 Å². The largest absolute Gasteiger partial charge is 0.455 e. The number of rotatable bonds is 7. The summed E-state index contributed by atoms with van der Waals surface area (Å²) >= 11 is 0. The van der Waals surface area contributed by atoms with E-state index in [-0.39, 0.29) is 5.04 Å². The minimum atomic E-state index is -3.52. The van der Waals surface area contributed by atoms with Crippen molar-refractivity contribution in [2.24, 2.45) is 5.16 Å². The van der Waals surface area contributed by atoms with Gasteiger partial charge in [-0.3, -0.25) is 0 Å². The second-order valence-corrected chi connectivity index (χ2v) is 14.4. The monoisotopic (exact) mass is 367 g/mol. The highest BCUT2D eigenvalue weighted by Gasteiger charge is 2.40. The molecule has 0 spiro atoms. The van der Waals surface area contributed by atoms with E-state index in [1.807, 2.05) is 6.92 Å². The molecule has 24 heavy (non-hydrogen) atoms. The van der Waals surface area contributed by atoms with Crippen molar-refractivity contribution in [2.75, 3.05) is 0 Å². The fourth-order valence-corrected chi connectivity index (χ4v) is 3.76. The summed E-state index contributed by atoms with van der Waals surface area (Å²) in [6, 6.07) is 6.84. The highest BCUT2D eigenvalue weighted by Crippen LogP contribution is 2.36. The maximum atomic E-state index is 12.8. The molecule has 0 N–H and O–H groups in total. The molecule has 0 amide bonds. The summed E-state index contributed by atoms with van der Waals surface area (Å²) < 4.78 is 31.3. The summed E-state index contributed by atoms with van der Waals surface area (Å²) in [5.41, 5.74) is 1.02. The summed E-state index contributed by atoms with van der Waals surface area (Å²) in [6.45, 7) is 16.1. The van der Waals surface area contributed by atoms with Crippen LogP contribution < -0.4 is 0 Å². The maximum Gasteiger partial charge on any atom is 0.286 e. The topological polar surface area (TPSA) is 55.7 Å². The van der Waals surface area contributed by atoms with Crippen LogP contribution in [0.5, 0.6) is 0 Å². The van der Waals surface area contributed by atoms with E-state index in [1.165, 1.54) is 6.21 Å². The van der Waals surface area contributed by atoms with Crippen molar-refractivity contribution in [3.05, 3.63) is 42.5 Å². The molecule has 0 bridgehead atoms. The van der Waals surface area contributed by atoms with Gasteiger partial charge in [0.05, 0.1) is 11.1 Å². The summed E-state index contributed by atoms with van der Waals surface area (Å²) in [4.78, 5) is 0.290. The molecule has 0 aliphatic rings. The van der Waals surface area contributed by atoms with Crippen molar-refractivity contribution >= 4 is 24.4 Å². The van der Waals surface area contributed by atoms with Crippen molar-refractivity contribution in [3.8, 4) is 0 Å². The van der Waals surface area contributed by atoms with Crippen LogP contribution in [0.4, 0.5) is 0 Å². The molecule has 0 saturated carbocycles. The lowest BCUT2D eigenvalue weighted by Gasteiger charge is -2.33. The van der Waals surface area contributed by atoms with Gasteiger partial charge in [-0.15, -0.1) is 11.7 Å². The number of hydrogen-bond donors (Lipinski definition) is 0. The lowest BCUT2D eigenvalue weighted by Crippen LogP contribution is -2.39. The highest BCUT2D eigenvalue weighted by atomic mass is 32.2. The fourth-order valence-electron chi connectivity index (χ4n) is 1.70. The number of benzene rings is 1. The van der Waals surface area contributed by atoms with E-state index in [9.17, 15) is 8.42 Å². The summed E-state index contributed by atoms with van der Waals surface area (Å²) in [6.07, 6.45) is 3.28. The van der Waals surface area contributed by atoms with Gasteiger partial charge in [-0.1, -0.05) is 44.5 Å². The summed E-state index contributed by atoms with van der Waals surface area (Å²) in [5, 5.41) is 3.28. The third-order valence-electron chi connectivity index (χ3n) is 4.46. The number of sulfone groups is 1.